The molecule has 0 heterocycles. The lowest BCUT2D eigenvalue weighted by atomic mass is 10.3. The number of anilines is 1. The summed E-state index contributed by atoms with van der Waals surface area (Å²) in [4.78, 5) is -0.190. The fourth-order valence-electron chi connectivity index (χ4n) is 1.96. The fourth-order valence-corrected chi connectivity index (χ4v) is 3.04. The van der Waals surface area contributed by atoms with Crippen molar-refractivity contribution in [2.75, 3.05) is 17.9 Å². The Balaban J connectivity index is 2.31. The molecule has 5 nitrogen and oxygen atoms in total. The van der Waals surface area contributed by atoms with Crippen LogP contribution in [0, 0.1) is 5.82 Å². The highest BCUT2D eigenvalue weighted by Crippen LogP contribution is 2.28. The van der Waals surface area contributed by atoms with Crippen LogP contribution in [0.1, 0.15) is 13.8 Å². The summed E-state index contributed by atoms with van der Waals surface area (Å²) in [5.41, 5.74) is 0.295. The summed E-state index contributed by atoms with van der Waals surface area (Å²) in [5.74, 6) is -0.307. The van der Waals surface area contributed by atoms with Crippen LogP contribution in [0.15, 0.2) is 47.4 Å². The molecule has 124 valence electrons. The van der Waals surface area contributed by atoms with Crippen LogP contribution in [0.4, 0.5) is 10.1 Å². The molecule has 0 saturated carbocycles. The van der Waals surface area contributed by atoms with Gasteiger partial charge in [-0.2, -0.15) is 0 Å². The maximum absolute atomic E-state index is 13.9. The van der Waals surface area contributed by atoms with E-state index < -0.39 is 15.8 Å². The normalized spacial score (nSPS) is 11.1. The first-order valence-corrected chi connectivity index (χ1v) is 8.63. The van der Waals surface area contributed by atoms with Gasteiger partial charge >= 0.3 is 0 Å². The van der Waals surface area contributed by atoms with Gasteiger partial charge in [0.2, 0.25) is 0 Å². The highest BCUT2D eigenvalue weighted by atomic mass is 32.2. The van der Waals surface area contributed by atoms with E-state index in [9.17, 15) is 12.8 Å². The smallest absolute Gasteiger partial charge is 0.262 e. The van der Waals surface area contributed by atoms with Crippen molar-refractivity contribution in [2.45, 2.75) is 18.7 Å². The number of ether oxygens (including phenoxy) is 2. The van der Waals surface area contributed by atoms with Crippen LogP contribution in [0.3, 0.4) is 0 Å². The Hall–Kier alpha value is -2.28. The lowest BCUT2D eigenvalue weighted by Crippen LogP contribution is -2.14. The molecule has 23 heavy (non-hydrogen) atoms. The Morgan fingerprint density at radius 1 is 1.00 bits per heavy atom. The summed E-state index contributed by atoms with van der Waals surface area (Å²) in [7, 11) is -3.93. The van der Waals surface area contributed by atoms with E-state index in [1.807, 2.05) is 0 Å². The van der Waals surface area contributed by atoms with Crippen LogP contribution in [0.5, 0.6) is 11.5 Å². The minimum atomic E-state index is -3.93. The van der Waals surface area contributed by atoms with Crippen LogP contribution >= 0.6 is 0 Å². The first kappa shape index (κ1) is 17.1. The monoisotopic (exact) mass is 339 g/mol. The summed E-state index contributed by atoms with van der Waals surface area (Å²) in [6.07, 6.45) is 0. The standard InChI is InChI=1S/C16H18FNO4S/c1-3-21-15-10-9-12(11-13(15)17)23(19,20)18-14-7-5-6-8-16(14)22-4-2/h5-11,18H,3-4H2,1-2H3. The molecule has 2 aromatic rings. The molecular formula is C16H18FNO4S. The second-order valence-corrected chi connectivity index (χ2v) is 6.24. The zero-order valence-electron chi connectivity index (χ0n) is 12.9. The molecule has 0 fully saturated rings. The summed E-state index contributed by atoms with van der Waals surface area (Å²) < 4.78 is 51.5. The Morgan fingerprint density at radius 2 is 1.65 bits per heavy atom. The number of rotatable bonds is 7. The topological polar surface area (TPSA) is 64.6 Å². The van der Waals surface area contributed by atoms with Crippen molar-refractivity contribution in [3.05, 3.63) is 48.3 Å². The average Bonchev–Trinajstić information content (AvgIpc) is 2.51. The van der Waals surface area contributed by atoms with Gasteiger partial charge in [0, 0.05) is 0 Å². The molecule has 0 aliphatic heterocycles. The maximum Gasteiger partial charge on any atom is 0.262 e. The van der Waals surface area contributed by atoms with Crippen LogP contribution < -0.4 is 14.2 Å². The summed E-state index contributed by atoms with van der Waals surface area (Å²) in [6.45, 7) is 4.21. The third-order valence-corrected chi connectivity index (χ3v) is 4.31. The summed E-state index contributed by atoms with van der Waals surface area (Å²) in [5, 5.41) is 0. The number of benzene rings is 2. The molecule has 0 atom stereocenters. The number of hydrogen-bond acceptors (Lipinski definition) is 4. The van der Waals surface area contributed by atoms with E-state index in [2.05, 4.69) is 4.72 Å². The van der Waals surface area contributed by atoms with Gasteiger partial charge in [0.1, 0.15) is 5.75 Å². The molecular weight excluding hydrogens is 321 g/mol. The summed E-state index contributed by atoms with van der Waals surface area (Å²) >= 11 is 0. The van der Waals surface area contributed by atoms with Gasteiger partial charge in [0.05, 0.1) is 23.8 Å². The second-order valence-electron chi connectivity index (χ2n) is 4.56. The zero-order chi connectivity index (χ0) is 16.9. The van der Waals surface area contributed by atoms with Gasteiger partial charge in [-0.25, -0.2) is 12.8 Å². The third-order valence-electron chi connectivity index (χ3n) is 2.94. The van der Waals surface area contributed by atoms with Crippen molar-refractivity contribution in [1.82, 2.24) is 0 Å². The van der Waals surface area contributed by atoms with E-state index in [1.54, 1.807) is 38.1 Å². The molecule has 0 bridgehead atoms. The van der Waals surface area contributed by atoms with Crippen LogP contribution in [-0.2, 0) is 10.0 Å². The SMILES string of the molecule is CCOc1ccc(S(=O)(=O)Nc2ccccc2OCC)cc1F. The van der Waals surface area contributed by atoms with Crippen molar-refractivity contribution in [3.8, 4) is 11.5 Å². The molecule has 0 aliphatic rings. The second kappa shape index (κ2) is 7.32. The van der Waals surface area contributed by atoms with Crippen molar-refractivity contribution in [1.29, 1.82) is 0 Å². The molecule has 0 amide bonds. The van der Waals surface area contributed by atoms with Crippen molar-refractivity contribution in [2.24, 2.45) is 0 Å². The predicted octanol–water partition coefficient (Wildman–Crippen LogP) is 3.42. The van der Waals surface area contributed by atoms with Crippen LogP contribution in [0.25, 0.3) is 0 Å². The Kier molecular flexibility index (Phi) is 5.44. The molecule has 2 rings (SSSR count). The maximum atomic E-state index is 13.9. The molecule has 0 aromatic heterocycles. The van der Waals surface area contributed by atoms with Gasteiger partial charge in [0.15, 0.2) is 11.6 Å². The molecule has 0 aliphatic carbocycles. The average molecular weight is 339 g/mol. The van der Waals surface area contributed by atoms with Crippen molar-refractivity contribution in [3.63, 3.8) is 0 Å². The van der Waals surface area contributed by atoms with Gasteiger partial charge in [0.25, 0.3) is 10.0 Å². The van der Waals surface area contributed by atoms with Crippen LogP contribution in [-0.4, -0.2) is 21.6 Å². The number of halogens is 1. The zero-order valence-corrected chi connectivity index (χ0v) is 13.7. The predicted molar refractivity (Wildman–Crippen MR) is 86.0 cm³/mol. The quantitative estimate of drug-likeness (QED) is 0.839. The van der Waals surface area contributed by atoms with Gasteiger partial charge in [-0.15, -0.1) is 0 Å². The molecule has 0 spiro atoms. The molecule has 0 unspecified atom stereocenters. The minimum absolute atomic E-state index is 0.0150. The molecule has 2 aromatic carbocycles. The molecule has 0 radical (unpaired) electrons. The van der Waals surface area contributed by atoms with Crippen LogP contribution in [0.2, 0.25) is 0 Å². The number of hydrogen-bond donors (Lipinski definition) is 1. The Bertz CT molecular complexity index is 777. The van der Waals surface area contributed by atoms with Gasteiger partial charge < -0.3 is 9.47 Å². The number of sulfonamides is 1. The minimum Gasteiger partial charge on any atom is -0.492 e. The molecule has 0 saturated heterocycles. The van der Waals surface area contributed by atoms with E-state index in [-0.39, 0.29) is 10.6 Å². The van der Waals surface area contributed by atoms with E-state index in [0.29, 0.717) is 24.7 Å². The first-order valence-electron chi connectivity index (χ1n) is 7.15. The van der Waals surface area contributed by atoms with E-state index >= 15 is 0 Å². The molecule has 7 heteroatoms. The lowest BCUT2D eigenvalue weighted by Gasteiger charge is -2.13. The van der Waals surface area contributed by atoms with Gasteiger partial charge in [-0.05, 0) is 44.2 Å². The van der Waals surface area contributed by atoms with E-state index in [1.165, 1.54) is 12.1 Å². The third kappa shape index (κ3) is 4.13. The van der Waals surface area contributed by atoms with Crippen molar-refractivity contribution >= 4 is 15.7 Å². The fraction of sp³-hybridized carbons (Fsp3) is 0.250. The van der Waals surface area contributed by atoms with Gasteiger partial charge in [-0.3, -0.25) is 4.72 Å². The van der Waals surface area contributed by atoms with Gasteiger partial charge in [-0.1, -0.05) is 12.1 Å². The summed E-state index contributed by atoms with van der Waals surface area (Å²) in [6, 6.07) is 10.2. The number of nitrogens with one attached hydrogen (secondary N) is 1. The Morgan fingerprint density at radius 3 is 2.30 bits per heavy atom. The number of para-hydroxylation sites is 2. The Labute approximate surface area is 135 Å². The first-order chi connectivity index (χ1) is 11.0. The van der Waals surface area contributed by atoms with E-state index in [0.717, 1.165) is 6.07 Å². The largest absolute Gasteiger partial charge is 0.492 e. The molecule has 1 N–H and O–H groups in total. The highest BCUT2D eigenvalue weighted by Gasteiger charge is 2.18. The van der Waals surface area contributed by atoms with Crippen molar-refractivity contribution < 1.29 is 22.3 Å². The van der Waals surface area contributed by atoms with E-state index in [4.69, 9.17) is 9.47 Å². The highest BCUT2D eigenvalue weighted by molar-refractivity contribution is 7.92. The lowest BCUT2D eigenvalue weighted by molar-refractivity contribution is 0.321.